The van der Waals surface area contributed by atoms with Crippen molar-refractivity contribution >= 4 is 35.8 Å². The molecule has 0 spiro atoms. The van der Waals surface area contributed by atoms with Crippen LogP contribution in [0.15, 0.2) is 42.5 Å². The number of hydrogen-bond acceptors (Lipinski definition) is 8. The monoisotopic (exact) mass is 554 g/mol. The third-order valence-corrected chi connectivity index (χ3v) is 6.14. The largest absolute Gasteiger partial charge is 0.478 e. The Labute approximate surface area is 232 Å². The highest BCUT2D eigenvalue weighted by Gasteiger charge is 2.19. The lowest BCUT2D eigenvalue weighted by Crippen LogP contribution is -2.15. The van der Waals surface area contributed by atoms with Crippen LogP contribution < -0.4 is 0 Å². The number of esters is 4. The normalized spacial score (nSPS) is 10.5. The summed E-state index contributed by atoms with van der Waals surface area (Å²) in [7, 11) is 0. The van der Waals surface area contributed by atoms with Gasteiger partial charge in [0.15, 0.2) is 0 Å². The fourth-order valence-electron chi connectivity index (χ4n) is 3.95. The van der Waals surface area contributed by atoms with Gasteiger partial charge in [0.1, 0.15) is 0 Å². The van der Waals surface area contributed by atoms with Crippen molar-refractivity contribution in [1.29, 1.82) is 0 Å². The van der Waals surface area contributed by atoms with Gasteiger partial charge in [-0.15, -0.1) is 0 Å². The van der Waals surface area contributed by atoms with Crippen LogP contribution >= 0.6 is 0 Å². The summed E-state index contributed by atoms with van der Waals surface area (Å²) in [6.45, 7) is 1.98. The maximum absolute atomic E-state index is 12.5. The molecule has 2 N–H and O–H groups in total. The quantitative estimate of drug-likeness (QED) is 0.151. The van der Waals surface area contributed by atoms with E-state index in [4.69, 9.17) is 14.6 Å². The summed E-state index contributed by atoms with van der Waals surface area (Å²) in [5, 5.41) is 18.2. The second-order valence-corrected chi connectivity index (χ2v) is 9.31. The zero-order valence-corrected chi connectivity index (χ0v) is 22.5. The number of carbonyl (C=O) groups is 6. The van der Waals surface area contributed by atoms with E-state index in [9.17, 15) is 33.9 Å². The van der Waals surface area contributed by atoms with E-state index in [1.54, 1.807) is 0 Å². The summed E-state index contributed by atoms with van der Waals surface area (Å²) in [6, 6.07) is 9.38. The van der Waals surface area contributed by atoms with Crippen LogP contribution in [0.1, 0.15) is 118 Å². The summed E-state index contributed by atoms with van der Waals surface area (Å²) in [5.41, 5.74) is 0.718. The van der Waals surface area contributed by atoms with E-state index in [2.05, 4.69) is 0 Å². The van der Waals surface area contributed by atoms with Crippen LogP contribution in [0.3, 0.4) is 0 Å². The van der Waals surface area contributed by atoms with Gasteiger partial charge in [-0.3, -0.25) is 9.59 Å². The molecule has 0 fully saturated rings. The predicted molar refractivity (Wildman–Crippen MR) is 143 cm³/mol. The molecule has 0 aliphatic heterocycles. The first kappa shape index (κ1) is 31.9. The molecule has 0 aliphatic carbocycles. The Morgan fingerprint density at radius 3 is 1.73 bits per heavy atom. The van der Waals surface area contributed by atoms with Crippen molar-refractivity contribution in [2.75, 3.05) is 0 Å². The molecule has 10 heteroatoms. The van der Waals surface area contributed by atoms with Crippen LogP contribution in [-0.4, -0.2) is 46.0 Å². The third kappa shape index (κ3) is 10.8. The number of carboxylic acid groups (broad SMARTS) is 2. The van der Waals surface area contributed by atoms with Crippen molar-refractivity contribution in [1.82, 2.24) is 0 Å². The number of carbonyl (C=O) groups excluding carboxylic acids is 4. The first-order chi connectivity index (χ1) is 19.1. The van der Waals surface area contributed by atoms with Gasteiger partial charge in [-0.1, -0.05) is 45.1 Å². The molecule has 0 radical (unpaired) electrons. The average Bonchev–Trinajstić information content (AvgIpc) is 2.92. The second kappa shape index (κ2) is 16.6. The Bertz CT molecular complexity index is 1230. The highest BCUT2D eigenvalue weighted by molar-refractivity contribution is 6.00. The Hall–Kier alpha value is -4.34. The molecule has 0 heterocycles. The Morgan fingerprint density at radius 1 is 0.625 bits per heavy atom. The van der Waals surface area contributed by atoms with Crippen molar-refractivity contribution in [2.45, 2.75) is 77.6 Å². The molecule has 0 saturated carbocycles. The highest BCUT2D eigenvalue weighted by Crippen LogP contribution is 2.18. The number of aromatic carboxylic acids is 2. The van der Waals surface area contributed by atoms with Crippen LogP contribution in [0.2, 0.25) is 0 Å². The van der Waals surface area contributed by atoms with Crippen molar-refractivity contribution in [3.63, 3.8) is 0 Å². The van der Waals surface area contributed by atoms with Gasteiger partial charge in [0.05, 0.1) is 22.3 Å². The van der Waals surface area contributed by atoms with E-state index >= 15 is 0 Å². The fourth-order valence-corrected chi connectivity index (χ4v) is 3.95. The molecule has 0 unspecified atom stereocenters. The van der Waals surface area contributed by atoms with Crippen LogP contribution in [0, 0.1) is 0 Å². The van der Waals surface area contributed by atoms with Gasteiger partial charge in [0.25, 0.3) is 0 Å². The number of hydrogen-bond donors (Lipinski definition) is 2. The molecule has 2 rings (SSSR count). The standard InChI is InChI=1S/C30H34O10/c1-2-3-11-20-18-22(28(35)36)16-17-24(20)30(38)40-26(32)15-9-7-5-4-6-8-14-25(31)39-29(37)23-13-10-12-21(19-23)27(33)34/h10,12-13,16-19H,2-9,11,14-15H2,1H3,(H,33,34)(H,35,36). The molecule has 0 aliphatic rings. The highest BCUT2D eigenvalue weighted by atomic mass is 16.6. The zero-order chi connectivity index (χ0) is 29.5. The van der Waals surface area contributed by atoms with Gasteiger partial charge in [-0.25, -0.2) is 19.2 Å². The molecular formula is C30H34O10. The molecule has 214 valence electrons. The molecule has 0 bridgehead atoms. The molecule has 40 heavy (non-hydrogen) atoms. The van der Waals surface area contributed by atoms with Crippen molar-refractivity contribution < 1.29 is 48.5 Å². The molecule has 0 saturated heterocycles. The topological polar surface area (TPSA) is 161 Å². The first-order valence-corrected chi connectivity index (χ1v) is 13.3. The lowest BCUT2D eigenvalue weighted by molar-refractivity contribution is -0.139. The van der Waals surface area contributed by atoms with E-state index in [1.807, 2.05) is 6.92 Å². The van der Waals surface area contributed by atoms with Gasteiger partial charge in [-0.05, 0) is 67.6 Å². The maximum atomic E-state index is 12.5. The van der Waals surface area contributed by atoms with Gasteiger partial charge < -0.3 is 19.7 Å². The Kier molecular flexibility index (Phi) is 13.2. The van der Waals surface area contributed by atoms with E-state index in [0.717, 1.165) is 38.2 Å². The predicted octanol–water partition coefficient (Wildman–Crippen LogP) is 5.61. The lowest BCUT2D eigenvalue weighted by Gasteiger charge is -2.10. The first-order valence-electron chi connectivity index (χ1n) is 13.3. The Morgan fingerprint density at radius 2 is 1.15 bits per heavy atom. The summed E-state index contributed by atoms with van der Waals surface area (Å²) in [4.78, 5) is 70.8. The summed E-state index contributed by atoms with van der Waals surface area (Å²) in [5.74, 6) is -5.29. The van der Waals surface area contributed by atoms with Gasteiger partial charge >= 0.3 is 35.8 Å². The maximum Gasteiger partial charge on any atom is 0.346 e. The number of benzene rings is 2. The third-order valence-electron chi connectivity index (χ3n) is 6.14. The minimum Gasteiger partial charge on any atom is -0.478 e. The van der Waals surface area contributed by atoms with Crippen LogP contribution in [0.4, 0.5) is 0 Å². The Balaban J connectivity index is 1.63. The molecular weight excluding hydrogens is 520 g/mol. The SMILES string of the molecule is CCCCc1cc(C(=O)O)ccc1C(=O)OC(=O)CCCCCCCCC(=O)OC(=O)c1cccc(C(=O)O)c1. The van der Waals surface area contributed by atoms with E-state index in [-0.39, 0.29) is 35.1 Å². The van der Waals surface area contributed by atoms with Crippen molar-refractivity contribution in [3.05, 3.63) is 70.3 Å². The molecule has 0 atom stereocenters. The molecule has 0 aromatic heterocycles. The van der Waals surface area contributed by atoms with Gasteiger partial charge in [0, 0.05) is 12.8 Å². The molecule has 10 nitrogen and oxygen atoms in total. The number of aryl methyl sites for hydroxylation is 1. The number of rotatable bonds is 16. The van der Waals surface area contributed by atoms with Crippen molar-refractivity contribution in [2.24, 2.45) is 0 Å². The zero-order valence-electron chi connectivity index (χ0n) is 22.5. The summed E-state index contributed by atoms with van der Waals surface area (Å²) in [6.07, 6.45) is 6.32. The molecule has 0 amide bonds. The fraction of sp³-hybridized carbons (Fsp3) is 0.400. The van der Waals surface area contributed by atoms with E-state index in [1.165, 1.54) is 36.4 Å². The lowest BCUT2D eigenvalue weighted by atomic mass is 9.99. The number of unbranched alkanes of at least 4 members (excludes halogenated alkanes) is 6. The average molecular weight is 555 g/mol. The minimum absolute atomic E-state index is 0.0125. The van der Waals surface area contributed by atoms with Crippen molar-refractivity contribution in [3.8, 4) is 0 Å². The summed E-state index contributed by atoms with van der Waals surface area (Å²) >= 11 is 0. The van der Waals surface area contributed by atoms with Crippen LogP contribution in [0.25, 0.3) is 0 Å². The summed E-state index contributed by atoms with van der Waals surface area (Å²) < 4.78 is 9.75. The number of carboxylic acids is 2. The van der Waals surface area contributed by atoms with Crippen LogP contribution in [-0.2, 0) is 25.5 Å². The molecule has 2 aromatic rings. The van der Waals surface area contributed by atoms with E-state index in [0.29, 0.717) is 31.2 Å². The van der Waals surface area contributed by atoms with E-state index < -0.39 is 35.8 Å². The minimum atomic E-state index is -1.19. The number of ether oxygens (including phenoxy) is 2. The molecule has 2 aromatic carbocycles. The van der Waals surface area contributed by atoms with Gasteiger partial charge in [-0.2, -0.15) is 0 Å². The van der Waals surface area contributed by atoms with Gasteiger partial charge in [0.2, 0.25) is 0 Å². The second-order valence-electron chi connectivity index (χ2n) is 9.31. The van der Waals surface area contributed by atoms with Crippen LogP contribution in [0.5, 0.6) is 0 Å². The smallest absolute Gasteiger partial charge is 0.346 e.